The van der Waals surface area contributed by atoms with Gasteiger partial charge in [-0.2, -0.15) is 0 Å². The van der Waals surface area contributed by atoms with Crippen molar-refractivity contribution in [1.29, 1.82) is 0 Å². The maximum atomic E-state index is 9.11. The molecule has 1 nitrogen and oxygen atoms in total. The van der Waals surface area contributed by atoms with Gasteiger partial charge in [0.1, 0.15) is 0 Å². The first-order valence-electron chi connectivity index (χ1n) is 5.02. The van der Waals surface area contributed by atoms with E-state index in [0.29, 0.717) is 0 Å². The minimum Gasteiger partial charge on any atom is -0.393 e. The van der Waals surface area contributed by atoms with Crippen LogP contribution in [-0.4, -0.2) is 11.2 Å². The Bertz CT molecular complexity index is 294. The van der Waals surface area contributed by atoms with Gasteiger partial charge in [0.15, 0.2) is 0 Å². The average molecular weight is 213 g/mol. The minimum absolute atomic E-state index is 0.191. The maximum Gasteiger partial charge on any atom is 0.0512 e. The molecule has 0 spiro atoms. The standard InChI is InChI=1S/C12H17ClO/c1-9-8-11(6-7-12(9)13)5-3-4-10(2)14/h6-8,10,14H,3-5H2,1-2H3. The summed E-state index contributed by atoms with van der Waals surface area (Å²) in [5.74, 6) is 0. The Hall–Kier alpha value is -0.530. The normalized spacial score (nSPS) is 12.9. The molecule has 1 atom stereocenters. The first-order chi connectivity index (χ1) is 6.59. The van der Waals surface area contributed by atoms with Crippen molar-refractivity contribution in [2.75, 3.05) is 0 Å². The smallest absolute Gasteiger partial charge is 0.0512 e. The molecular weight excluding hydrogens is 196 g/mol. The molecule has 1 aromatic carbocycles. The quantitative estimate of drug-likeness (QED) is 0.812. The van der Waals surface area contributed by atoms with Gasteiger partial charge in [0.2, 0.25) is 0 Å². The third kappa shape index (κ3) is 3.69. The van der Waals surface area contributed by atoms with E-state index in [1.165, 1.54) is 5.56 Å². The molecule has 1 aromatic rings. The van der Waals surface area contributed by atoms with Crippen LogP contribution < -0.4 is 0 Å². The summed E-state index contributed by atoms with van der Waals surface area (Å²) in [6, 6.07) is 6.11. The predicted octanol–water partition coefficient (Wildman–Crippen LogP) is 3.35. The highest BCUT2D eigenvalue weighted by atomic mass is 35.5. The second kappa shape index (κ2) is 5.38. The number of hydrogen-bond donors (Lipinski definition) is 1. The second-order valence-electron chi connectivity index (χ2n) is 3.82. The molecule has 14 heavy (non-hydrogen) atoms. The molecule has 1 unspecified atom stereocenters. The lowest BCUT2D eigenvalue weighted by atomic mass is 10.0. The lowest BCUT2D eigenvalue weighted by molar-refractivity contribution is 0.182. The molecule has 0 aliphatic rings. The summed E-state index contributed by atoms with van der Waals surface area (Å²) < 4.78 is 0. The van der Waals surface area contributed by atoms with Gasteiger partial charge in [-0.1, -0.05) is 23.7 Å². The summed E-state index contributed by atoms with van der Waals surface area (Å²) in [7, 11) is 0. The van der Waals surface area contributed by atoms with Crippen LogP contribution in [0.4, 0.5) is 0 Å². The lowest BCUT2D eigenvalue weighted by Crippen LogP contribution is -1.99. The van der Waals surface area contributed by atoms with Crippen LogP contribution in [0.3, 0.4) is 0 Å². The molecule has 1 N–H and O–H groups in total. The molecule has 0 saturated carbocycles. The van der Waals surface area contributed by atoms with Crippen molar-refractivity contribution in [1.82, 2.24) is 0 Å². The van der Waals surface area contributed by atoms with Crippen molar-refractivity contribution < 1.29 is 5.11 Å². The molecule has 0 heterocycles. The number of aliphatic hydroxyl groups is 1. The number of hydrogen-bond acceptors (Lipinski definition) is 1. The number of aryl methyl sites for hydroxylation is 2. The van der Waals surface area contributed by atoms with E-state index in [1.807, 2.05) is 19.9 Å². The highest BCUT2D eigenvalue weighted by molar-refractivity contribution is 6.31. The van der Waals surface area contributed by atoms with Crippen molar-refractivity contribution in [2.24, 2.45) is 0 Å². The van der Waals surface area contributed by atoms with Crippen LogP contribution in [0.2, 0.25) is 5.02 Å². The summed E-state index contributed by atoms with van der Waals surface area (Å²) >= 11 is 5.93. The molecule has 0 aromatic heterocycles. The molecule has 1 rings (SSSR count). The third-order valence-corrected chi connectivity index (χ3v) is 2.73. The van der Waals surface area contributed by atoms with Gasteiger partial charge in [-0.3, -0.25) is 0 Å². The Morgan fingerprint density at radius 3 is 2.71 bits per heavy atom. The Labute approximate surface area is 90.7 Å². The fraction of sp³-hybridized carbons (Fsp3) is 0.500. The topological polar surface area (TPSA) is 20.2 Å². The third-order valence-electron chi connectivity index (χ3n) is 2.31. The van der Waals surface area contributed by atoms with Crippen LogP contribution in [0.1, 0.15) is 30.9 Å². The Balaban J connectivity index is 2.47. The molecule has 0 fully saturated rings. The van der Waals surface area contributed by atoms with Gasteiger partial charge in [-0.25, -0.2) is 0 Å². The van der Waals surface area contributed by atoms with Crippen LogP contribution in [-0.2, 0) is 6.42 Å². The number of halogens is 1. The molecule has 0 aliphatic heterocycles. The fourth-order valence-corrected chi connectivity index (χ4v) is 1.58. The molecule has 0 amide bonds. The van der Waals surface area contributed by atoms with Crippen LogP contribution in [0, 0.1) is 6.92 Å². The molecule has 0 aliphatic carbocycles. The van der Waals surface area contributed by atoms with Gasteiger partial charge in [0.05, 0.1) is 6.10 Å². The molecule has 0 bridgehead atoms. The van der Waals surface area contributed by atoms with E-state index in [1.54, 1.807) is 0 Å². The predicted molar refractivity (Wildman–Crippen MR) is 60.8 cm³/mol. The van der Waals surface area contributed by atoms with Gasteiger partial charge in [0, 0.05) is 5.02 Å². The van der Waals surface area contributed by atoms with Crippen molar-refractivity contribution in [3.63, 3.8) is 0 Å². The highest BCUT2D eigenvalue weighted by Gasteiger charge is 1.99. The zero-order valence-corrected chi connectivity index (χ0v) is 9.51. The van der Waals surface area contributed by atoms with E-state index in [-0.39, 0.29) is 6.10 Å². The number of aliphatic hydroxyl groups excluding tert-OH is 1. The van der Waals surface area contributed by atoms with Gasteiger partial charge in [-0.05, 0) is 50.3 Å². The first-order valence-corrected chi connectivity index (χ1v) is 5.40. The minimum atomic E-state index is -0.191. The van der Waals surface area contributed by atoms with Crippen LogP contribution in [0.25, 0.3) is 0 Å². The van der Waals surface area contributed by atoms with E-state index in [4.69, 9.17) is 16.7 Å². The second-order valence-corrected chi connectivity index (χ2v) is 4.23. The fourth-order valence-electron chi connectivity index (χ4n) is 1.46. The van der Waals surface area contributed by atoms with Crippen molar-refractivity contribution >= 4 is 11.6 Å². The van der Waals surface area contributed by atoms with Crippen LogP contribution >= 0.6 is 11.6 Å². The van der Waals surface area contributed by atoms with E-state index in [2.05, 4.69) is 12.1 Å². The Morgan fingerprint density at radius 2 is 2.14 bits per heavy atom. The van der Waals surface area contributed by atoms with Crippen molar-refractivity contribution in [3.05, 3.63) is 34.3 Å². The molecule has 78 valence electrons. The maximum absolute atomic E-state index is 9.11. The first kappa shape index (κ1) is 11.5. The Morgan fingerprint density at radius 1 is 1.43 bits per heavy atom. The van der Waals surface area contributed by atoms with Crippen LogP contribution in [0.15, 0.2) is 18.2 Å². The molecule has 2 heteroatoms. The van der Waals surface area contributed by atoms with Gasteiger partial charge < -0.3 is 5.11 Å². The zero-order chi connectivity index (χ0) is 10.6. The summed E-state index contributed by atoms with van der Waals surface area (Å²) in [5.41, 5.74) is 2.42. The van der Waals surface area contributed by atoms with Gasteiger partial charge in [-0.15, -0.1) is 0 Å². The van der Waals surface area contributed by atoms with E-state index >= 15 is 0 Å². The molecule has 0 radical (unpaired) electrons. The van der Waals surface area contributed by atoms with E-state index < -0.39 is 0 Å². The zero-order valence-electron chi connectivity index (χ0n) is 8.76. The number of rotatable bonds is 4. The monoisotopic (exact) mass is 212 g/mol. The van der Waals surface area contributed by atoms with E-state index in [0.717, 1.165) is 29.8 Å². The van der Waals surface area contributed by atoms with E-state index in [9.17, 15) is 0 Å². The van der Waals surface area contributed by atoms with Crippen molar-refractivity contribution in [3.8, 4) is 0 Å². The molecular formula is C12H17ClO. The summed E-state index contributed by atoms with van der Waals surface area (Å²) in [6.07, 6.45) is 2.71. The number of benzene rings is 1. The highest BCUT2D eigenvalue weighted by Crippen LogP contribution is 2.17. The van der Waals surface area contributed by atoms with Gasteiger partial charge >= 0.3 is 0 Å². The molecule has 0 saturated heterocycles. The SMILES string of the molecule is Cc1cc(CCCC(C)O)ccc1Cl. The van der Waals surface area contributed by atoms with Gasteiger partial charge in [0.25, 0.3) is 0 Å². The largest absolute Gasteiger partial charge is 0.393 e. The summed E-state index contributed by atoms with van der Waals surface area (Å²) in [5, 5.41) is 9.93. The average Bonchev–Trinajstić information content (AvgIpc) is 2.10. The van der Waals surface area contributed by atoms with Crippen LogP contribution in [0.5, 0.6) is 0 Å². The van der Waals surface area contributed by atoms with Crippen molar-refractivity contribution in [2.45, 2.75) is 39.2 Å². The summed E-state index contributed by atoms with van der Waals surface area (Å²) in [4.78, 5) is 0. The Kier molecular flexibility index (Phi) is 4.43. The summed E-state index contributed by atoms with van der Waals surface area (Å²) in [6.45, 7) is 3.84. The lowest BCUT2D eigenvalue weighted by Gasteiger charge is -2.05.